The molecule has 0 fully saturated rings. The molecule has 6 heteroatoms. The maximum absolute atomic E-state index is 12.3. The summed E-state index contributed by atoms with van der Waals surface area (Å²) >= 11 is 0. The maximum Gasteiger partial charge on any atom is 0.350 e. The van der Waals surface area contributed by atoms with E-state index in [1.165, 1.54) is 14.6 Å². The van der Waals surface area contributed by atoms with Gasteiger partial charge in [0.2, 0.25) is 5.91 Å². The summed E-state index contributed by atoms with van der Waals surface area (Å²) in [6, 6.07) is 13.4. The second-order valence-electron chi connectivity index (χ2n) is 7.00. The highest BCUT2D eigenvalue weighted by Crippen LogP contribution is 2.15. The van der Waals surface area contributed by atoms with Crippen LogP contribution >= 0.6 is 0 Å². The van der Waals surface area contributed by atoms with Crippen molar-refractivity contribution in [3.63, 3.8) is 0 Å². The second kappa shape index (κ2) is 7.56. The van der Waals surface area contributed by atoms with Crippen molar-refractivity contribution in [3.05, 3.63) is 70.3 Å². The highest BCUT2D eigenvalue weighted by Gasteiger charge is 2.13. The van der Waals surface area contributed by atoms with Gasteiger partial charge in [0.25, 0.3) is 0 Å². The molecule has 3 rings (SSSR count). The number of amides is 1. The number of benzene rings is 1. The molecule has 6 nitrogen and oxygen atoms in total. The third-order valence-corrected chi connectivity index (χ3v) is 4.28. The summed E-state index contributed by atoms with van der Waals surface area (Å²) < 4.78 is 2.60. The minimum Gasteiger partial charge on any atom is -0.348 e. The molecule has 0 saturated carbocycles. The summed E-state index contributed by atoms with van der Waals surface area (Å²) in [7, 11) is 0. The van der Waals surface area contributed by atoms with Gasteiger partial charge < -0.3 is 5.32 Å². The van der Waals surface area contributed by atoms with Crippen LogP contribution in [0.1, 0.15) is 37.9 Å². The van der Waals surface area contributed by atoms with Crippen molar-refractivity contribution in [1.29, 1.82) is 0 Å². The molecule has 0 spiro atoms. The third-order valence-electron chi connectivity index (χ3n) is 4.28. The SMILES string of the molecule is CC(C)Cc1ccc([C@H](C)NC(=O)Cn2nc3ccccn3c2=O)cc1. The minimum absolute atomic E-state index is 0.101. The largest absolute Gasteiger partial charge is 0.350 e. The molecule has 1 aromatic carbocycles. The monoisotopic (exact) mass is 352 g/mol. The van der Waals surface area contributed by atoms with Crippen LogP contribution in [0.2, 0.25) is 0 Å². The minimum atomic E-state index is -0.318. The lowest BCUT2D eigenvalue weighted by molar-refractivity contribution is -0.122. The number of nitrogens with one attached hydrogen (secondary N) is 1. The summed E-state index contributed by atoms with van der Waals surface area (Å²) in [5.41, 5.74) is 2.53. The maximum atomic E-state index is 12.3. The number of aromatic nitrogens is 3. The zero-order valence-electron chi connectivity index (χ0n) is 15.3. The van der Waals surface area contributed by atoms with E-state index >= 15 is 0 Å². The molecule has 136 valence electrons. The fourth-order valence-electron chi connectivity index (χ4n) is 2.99. The van der Waals surface area contributed by atoms with Crippen molar-refractivity contribution >= 4 is 11.6 Å². The van der Waals surface area contributed by atoms with Crippen molar-refractivity contribution in [2.45, 2.75) is 39.8 Å². The van der Waals surface area contributed by atoms with Gasteiger partial charge in [-0.25, -0.2) is 9.48 Å². The Balaban J connectivity index is 1.65. The quantitative estimate of drug-likeness (QED) is 0.741. The van der Waals surface area contributed by atoms with Crippen LogP contribution in [0, 0.1) is 5.92 Å². The number of hydrogen-bond acceptors (Lipinski definition) is 3. The number of fused-ring (bicyclic) bond motifs is 1. The van der Waals surface area contributed by atoms with Crippen molar-refractivity contribution in [2.75, 3.05) is 0 Å². The van der Waals surface area contributed by atoms with Crippen LogP contribution in [0.15, 0.2) is 53.5 Å². The number of nitrogens with zero attached hydrogens (tertiary/aromatic N) is 3. The zero-order chi connectivity index (χ0) is 18.7. The lowest BCUT2D eigenvalue weighted by Gasteiger charge is -2.15. The molecule has 0 aliphatic carbocycles. The van der Waals surface area contributed by atoms with E-state index in [0.717, 1.165) is 12.0 Å². The topological polar surface area (TPSA) is 68.4 Å². The van der Waals surface area contributed by atoms with E-state index < -0.39 is 0 Å². The average Bonchev–Trinajstić information content (AvgIpc) is 2.91. The average molecular weight is 352 g/mol. The molecule has 0 aliphatic rings. The molecule has 3 aromatic rings. The molecule has 2 heterocycles. The van der Waals surface area contributed by atoms with Gasteiger partial charge >= 0.3 is 5.69 Å². The van der Waals surface area contributed by atoms with Crippen LogP contribution in [-0.4, -0.2) is 20.1 Å². The first-order valence-electron chi connectivity index (χ1n) is 8.86. The molecule has 0 saturated heterocycles. The van der Waals surface area contributed by atoms with Gasteiger partial charge in [0, 0.05) is 6.20 Å². The van der Waals surface area contributed by atoms with Gasteiger partial charge in [-0.3, -0.25) is 9.20 Å². The number of carbonyl (C=O) groups excluding carboxylic acids is 1. The van der Waals surface area contributed by atoms with E-state index in [1.807, 2.05) is 19.1 Å². The van der Waals surface area contributed by atoms with Crippen molar-refractivity contribution in [2.24, 2.45) is 5.92 Å². The Morgan fingerprint density at radius 3 is 2.50 bits per heavy atom. The molecule has 1 amide bonds. The van der Waals surface area contributed by atoms with Crippen LogP contribution in [0.5, 0.6) is 0 Å². The first-order valence-corrected chi connectivity index (χ1v) is 8.86. The van der Waals surface area contributed by atoms with E-state index in [9.17, 15) is 9.59 Å². The van der Waals surface area contributed by atoms with Crippen LogP contribution in [0.25, 0.3) is 5.65 Å². The Kier molecular flexibility index (Phi) is 5.21. The van der Waals surface area contributed by atoms with E-state index in [1.54, 1.807) is 24.4 Å². The number of carbonyl (C=O) groups is 1. The molecular weight excluding hydrogens is 328 g/mol. The summed E-state index contributed by atoms with van der Waals surface area (Å²) in [6.45, 7) is 6.22. The first kappa shape index (κ1) is 17.9. The number of pyridine rings is 1. The Hall–Kier alpha value is -2.89. The third kappa shape index (κ3) is 4.02. The van der Waals surface area contributed by atoms with Gasteiger partial charge in [-0.2, -0.15) is 0 Å². The van der Waals surface area contributed by atoms with E-state index in [0.29, 0.717) is 11.6 Å². The zero-order valence-corrected chi connectivity index (χ0v) is 15.3. The van der Waals surface area contributed by atoms with Crippen LogP contribution in [-0.2, 0) is 17.8 Å². The Morgan fingerprint density at radius 1 is 1.12 bits per heavy atom. The predicted octanol–water partition coefficient (Wildman–Crippen LogP) is 2.57. The van der Waals surface area contributed by atoms with Crippen LogP contribution < -0.4 is 11.0 Å². The second-order valence-corrected chi connectivity index (χ2v) is 7.00. The van der Waals surface area contributed by atoms with Crippen LogP contribution in [0.4, 0.5) is 0 Å². The van der Waals surface area contributed by atoms with Gasteiger partial charge in [-0.15, -0.1) is 5.10 Å². The van der Waals surface area contributed by atoms with Crippen molar-refractivity contribution in [3.8, 4) is 0 Å². The highest BCUT2D eigenvalue weighted by molar-refractivity contribution is 5.76. The summed E-state index contributed by atoms with van der Waals surface area (Å²) in [6.07, 6.45) is 2.68. The lowest BCUT2D eigenvalue weighted by Crippen LogP contribution is -2.34. The van der Waals surface area contributed by atoms with Gasteiger partial charge in [0.15, 0.2) is 5.65 Å². The van der Waals surface area contributed by atoms with E-state index in [-0.39, 0.29) is 24.2 Å². The molecule has 0 aliphatic heterocycles. The molecule has 1 N–H and O–H groups in total. The molecule has 1 atom stereocenters. The number of rotatable bonds is 6. The Morgan fingerprint density at radius 2 is 1.85 bits per heavy atom. The summed E-state index contributed by atoms with van der Waals surface area (Å²) in [5, 5.41) is 7.11. The Labute approximate surface area is 152 Å². The smallest absolute Gasteiger partial charge is 0.348 e. The molecule has 0 radical (unpaired) electrons. The summed E-state index contributed by atoms with van der Waals surface area (Å²) in [4.78, 5) is 24.5. The van der Waals surface area contributed by atoms with Gasteiger partial charge in [0.05, 0.1) is 6.04 Å². The summed E-state index contributed by atoms with van der Waals surface area (Å²) in [5.74, 6) is 0.371. The van der Waals surface area contributed by atoms with E-state index in [2.05, 4.69) is 36.4 Å². The van der Waals surface area contributed by atoms with Crippen molar-refractivity contribution in [1.82, 2.24) is 19.5 Å². The van der Waals surface area contributed by atoms with Gasteiger partial charge in [0.1, 0.15) is 6.54 Å². The number of hydrogen-bond donors (Lipinski definition) is 1. The van der Waals surface area contributed by atoms with Gasteiger partial charge in [-0.1, -0.05) is 44.2 Å². The highest BCUT2D eigenvalue weighted by atomic mass is 16.2. The van der Waals surface area contributed by atoms with Gasteiger partial charge in [-0.05, 0) is 42.5 Å². The first-order chi connectivity index (χ1) is 12.4. The fourth-order valence-corrected chi connectivity index (χ4v) is 2.99. The molecule has 2 aromatic heterocycles. The molecular formula is C20H24N4O2. The molecule has 0 unspecified atom stereocenters. The van der Waals surface area contributed by atoms with Crippen molar-refractivity contribution < 1.29 is 4.79 Å². The Bertz CT molecular complexity index is 954. The standard InChI is InChI=1S/C20H24N4O2/c1-14(2)12-16-7-9-17(10-8-16)15(3)21-19(25)13-24-20(26)23-11-5-4-6-18(23)22-24/h4-11,14-15H,12-13H2,1-3H3,(H,21,25)/t15-/m0/s1. The fraction of sp³-hybridized carbons (Fsp3) is 0.350. The normalized spacial score (nSPS) is 12.5. The lowest BCUT2D eigenvalue weighted by atomic mass is 10.00. The predicted molar refractivity (Wildman–Crippen MR) is 101 cm³/mol. The van der Waals surface area contributed by atoms with Crippen LogP contribution in [0.3, 0.4) is 0 Å². The molecule has 0 bridgehead atoms. The molecule has 26 heavy (non-hydrogen) atoms. The van der Waals surface area contributed by atoms with E-state index in [4.69, 9.17) is 0 Å².